The highest BCUT2D eigenvalue weighted by molar-refractivity contribution is 5.97. The zero-order valence-corrected chi connectivity index (χ0v) is 18.6. The molecule has 0 radical (unpaired) electrons. The molecule has 168 valence electrons. The van der Waals surface area contributed by atoms with Gasteiger partial charge in [0.2, 0.25) is 0 Å². The molecular formula is C24H25N7O2. The second-order valence-corrected chi connectivity index (χ2v) is 8.61. The van der Waals surface area contributed by atoms with Gasteiger partial charge in [-0.3, -0.25) is 9.48 Å². The minimum absolute atomic E-state index is 0.243. The molecule has 1 aliphatic heterocycles. The van der Waals surface area contributed by atoms with Crippen LogP contribution in [0.3, 0.4) is 0 Å². The Kier molecular flexibility index (Phi) is 5.23. The fraction of sp³-hybridized carbons (Fsp3) is 0.333. The van der Waals surface area contributed by atoms with Gasteiger partial charge in [0, 0.05) is 32.3 Å². The smallest absolute Gasteiger partial charge is 0.261 e. The number of hydrogen-bond acceptors (Lipinski definition) is 7. The van der Waals surface area contributed by atoms with E-state index in [0.29, 0.717) is 29.9 Å². The number of nitriles is 1. The van der Waals surface area contributed by atoms with E-state index in [1.807, 2.05) is 60.1 Å². The summed E-state index contributed by atoms with van der Waals surface area (Å²) in [6, 6.07) is 14.0. The first-order valence-electron chi connectivity index (χ1n) is 10.9. The van der Waals surface area contributed by atoms with Crippen molar-refractivity contribution in [3.8, 4) is 6.07 Å². The summed E-state index contributed by atoms with van der Waals surface area (Å²) < 4.78 is 7.57. The van der Waals surface area contributed by atoms with Crippen LogP contribution in [0.5, 0.6) is 0 Å². The molecule has 4 heterocycles. The molecule has 1 fully saturated rings. The van der Waals surface area contributed by atoms with Crippen LogP contribution in [0.2, 0.25) is 0 Å². The summed E-state index contributed by atoms with van der Waals surface area (Å²) in [7, 11) is 3.89. The molecule has 9 heteroatoms. The van der Waals surface area contributed by atoms with Crippen LogP contribution < -0.4 is 15.8 Å². The maximum absolute atomic E-state index is 12.9. The van der Waals surface area contributed by atoms with E-state index in [9.17, 15) is 10.1 Å². The Bertz CT molecular complexity index is 1420. The molecule has 1 aromatic carbocycles. The Balaban J connectivity index is 1.68. The van der Waals surface area contributed by atoms with Crippen molar-refractivity contribution in [1.82, 2.24) is 19.7 Å². The molecule has 2 N–H and O–H groups in total. The standard InChI is InChI=1S/C24H25N7O2/c1-30(2)19-8-7-16-5-3-6-17(21(16)28-19)27-22-20-18(9-13-26-23(20)32)31(29-22)24(11-12-25)10-4-14-33-15-24/h3,5-9,13H,4,10-11,14-15H2,1-2H3,(H,26,32)(H,27,29). The number of para-hydroxylation sites is 1. The summed E-state index contributed by atoms with van der Waals surface area (Å²) in [6.45, 7) is 1.04. The Labute approximate surface area is 190 Å². The summed E-state index contributed by atoms with van der Waals surface area (Å²) >= 11 is 0. The van der Waals surface area contributed by atoms with E-state index in [0.717, 1.165) is 35.2 Å². The van der Waals surface area contributed by atoms with Gasteiger partial charge in [-0.25, -0.2) is 4.98 Å². The fourth-order valence-electron chi connectivity index (χ4n) is 4.51. The Hall–Kier alpha value is -3.90. The van der Waals surface area contributed by atoms with Crippen LogP contribution in [0.15, 0.2) is 47.4 Å². The zero-order valence-electron chi connectivity index (χ0n) is 18.6. The highest BCUT2D eigenvalue weighted by Crippen LogP contribution is 2.36. The van der Waals surface area contributed by atoms with Gasteiger partial charge in [-0.05, 0) is 37.1 Å². The van der Waals surface area contributed by atoms with Crippen LogP contribution in [-0.2, 0) is 10.3 Å². The van der Waals surface area contributed by atoms with E-state index in [2.05, 4.69) is 16.4 Å². The van der Waals surface area contributed by atoms with Crippen LogP contribution in [0, 0.1) is 11.3 Å². The molecule has 1 aliphatic rings. The molecule has 0 amide bonds. The van der Waals surface area contributed by atoms with Crippen molar-refractivity contribution >= 4 is 39.1 Å². The molecule has 1 saturated heterocycles. The predicted molar refractivity (Wildman–Crippen MR) is 128 cm³/mol. The number of pyridine rings is 2. The molecule has 33 heavy (non-hydrogen) atoms. The number of aromatic amines is 1. The molecular weight excluding hydrogens is 418 g/mol. The Morgan fingerprint density at radius 3 is 2.94 bits per heavy atom. The first kappa shape index (κ1) is 21.0. The monoisotopic (exact) mass is 443 g/mol. The normalized spacial score (nSPS) is 18.3. The number of nitrogens with zero attached hydrogens (tertiary/aromatic N) is 5. The molecule has 0 aliphatic carbocycles. The maximum atomic E-state index is 12.9. The Morgan fingerprint density at radius 1 is 1.30 bits per heavy atom. The summed E-state index contributed by atoms with van der Waals surface area (Å²) in [5.41, 5.74) is 1.34. The number of anilines is 3. The van der Waals surface area contributed by atoms with Crippen LogP contribution in [0.4, 0.5) is 17.3 Å². The summed E-state index contributed by atoms with van der Waals surface area (Å²) in [5, 5.41) is 19.2. The molecule has 0 bridgehead atoms. The number of H-pyrrole nitrogens is 1. The topological polar surface area (TPSA) is 112 Å². The third-order valence-corrected chi connectivity index (χ3v) is 6.18. The van der Waals surface area contributed by atoms with Crippen molar-refractivity contribution in [2.75, 3.05) is 37.5 Å². The van der Waals surface area contributed by atoms with Gasteiger partial charge in [0.25, 0.3) is 5.56 Å². The number of ether oxygens (including phenoxy) is 1. The molecule has 5 rings (SSSR count). The van der Waals surface area contributed by atoms with Crippen LogP contribution in [0.25, 0.3) is 21.8 Å². The van der Waals surface area contributed by atoms with Gasteiger partial charge in [0.05, 0.1) is 41.4 Å². The second kappa shape index (κ2) is 8.22. The number of fused-ring (bicyclic) bond motifs is 2. The lowest BCUT2D eigenvalue weighted by atomic mass is 9.89. The molecule has 4 aromatic rings. The maximum Gasteiger partial charge on any atom is 0.261 e. The van der Waals surface area contributed by atoms with Crippen molar-refractivity contribution in [2.24, 2.45) is 0 Å². The van der Waals surface area contributed by atoms with Gasteiger partial charge >= 0.3 is 0 Å². The van der Waals surface area contributed by atoms with Gasteiger partial charge in [-0.2, -0.15) is 10.4 Å². The summed E-state index contributed by atoms with van der Waals surface area (Å²) in [6.07, 6.45) is 3.44. The number of aromatic nitrogens is 4. The van der Waals surface area contributed by atoms with Crippen molar-refractivity contribution in [3.63, 3.8) is 0 Å². The lowest BCUT2D eigenvalue weighted by molar-refractivity contribution is -0.00174. The van der Waals surface area contributed by atoms with Crippen molar-refractivity contribution in [3.05, 3.63) is 52.9 Å². The molecule has 3 aromatic heterocycles. The van der Waals surface area contributed by atoms with Crippen molar-refractivity contribution in [2.45, 2.75) is 24.8 Å². The number of nitrogens with one attached hydrogen (secondary N) is 2. The predicted octanol–water partition coefficient (Wildman–Crippen LogP) is 3.50. The molecule has 0 spiro atoms. The number of rotatable bonds is 5. The van der Waals surface area contributed by atoms with Crippen molar-refractivity contribution < 1.29 is 4.74 Å². The van der Waals surface area contributed by atoms with Gasteiger partial charge in [-0.1, -0.05) is 12.1 Å². The minimum atomic E-state index is -0.617. The SMILES string of the molecule is CN(C)c1ccc2cccc(Nc3nn(C4(CC#N)CCCOC4)c4cc[nH]c(=O)c34)c2n1. The molecule has 9 nitrogen and oxygen atoms in total. The molecule has 1 atom stereocenters. The fourth-order valence-corrected chi connectivity index (χ4v) is 4.51. The van der Waals surface area contributed by atoms with E-state index in [4.69, 9.17) is 14.8 Å². The first-order valence-corrected chi connectivity index (χ1v) is 10.9. The summed E-state index contributed by atoms with van der Waals surface area (Å²) in [5.74, 6) is 1.26. The van der Waals surface area contributed by atoms with E-state index < -0.39 is 5.54 Å². The van der Waals surface area contributed by atoms with Crippen molar-refractivity contribution in [1.29, 1.82) is 5.26 Å². The minimum Gasteiger partial charge on any atom is -0.379 e. The Morgan fingerprint density at radius 2 is 2.18 bits per heavy atom. The molecule has 0 saturated carbocycles. The first-order chi connectivity index (χ1) is 16.0. The average molecular weight is 444 g/mol. The van der Waals surface area contributed by atoms with Gasteiger partial charge in [-0.15, -0.1) is 0 Å². The van der Waals surface area contributed by atoms with Crippen LogP contribution >= 0.6 is 0 Å². The van der Waals surface area contributed by atoms with E-state index in [1.165, 1.54) is 0 Å². The van der Waals surface area contributed by atoms with E-state index >= 15 is 0 Å². The van der Waals surface area contributed by atoms with Gasteiger partial charge < -0.3 is 19.9 Å². The second-order valence-electron chi connectivity index (χ2n) is 8.61. The van der Waals surface area contributed by atoms with Gasteiger partial charge in [0.15, 0.2) is 5.82 Å². The zero-order chi connectivity index (χ0) is 23.0. The summed E-state index contributed by atoms with van der Waals surface area (Å²) in [4.78, 5) is 22.4. The highest BCUT2D eigenvalue weighted by Gasteiger charge is 2.38. The lowest BCUT2D eigenvalue weighted by Gasteiger charge is -2.35. The third-order valence-electron chi connectivity index (χ3n) is 6.18. The highest BCUT2D eigenvalue weighted by atomic mass is 16.5. The lowest BCUT2D eigenvalue weighted by Crippen LogP contribution is -2.42. The average Bonchev–Trinajstić information content (AvgIpc) is 3.20. The van der Waals surface area contributed by atoms with E-state index in [-0.39, 0.29) is 12.0 Å². The number of benzene rings is 1. The molecule has 1 unspecified atom stereocenters. The quantitative estimate of drug-likeness (QED) is 0.485. The van der Waals surface area contributed by atoms with E-state index in [1.54, 1.807) is 6.20 Å². The van der Waals surface area contributed by atoms with Crippen LogP contribution in [0.1, 0.15) is 19.3 Å². The number of hydrogen-bond donors (Lipinski definition) is 2. The largest absolute Gasteiger partial charge is 0.379 e. The van der Waals surface area contributed by atoms with Crippen LogP contribution in [-0.4, -0.2) is 47.1 Å². The third kappa shape index (κ3) is 3.58. The van der Waals surface area contributed by atoms with Gasteiger partial charge in [0.1, 0.15) is 11.2 Å².